The Morgan fingerprint density at radius 3 is 2.33 bits per heavy atom. The maximum atomic E-state index is 5.37. The number of aryl methyl sites for hydroxylation is 1. The average Bonchev–Trinajstić information content (AvgIpc) is 2.51. The molecule has 0 atom stereocenters. The van der Waals surface area contributed by atoms with Crippen molar-refractivity contribution in [3.8, 4) is 11.5 Å². The molecule has 0 aliphatic carbocycles. The molecule has 4 nitrogen and oxygen atoms in total. The number of hydrogen-bond donors (Lipinski definition) is 1. The predicted molar refractivity (Wildman–Crippen MR) is 87.6 cm³/mol. The molecule has 1 aromatic heterocycles. The van der Waals surface area contributed by atoms with Gasteiger partial charge in [0.25, 0.3) is 0 Å². The van der Waals surface area contributed by atoms with Crippen molar-refractivity contribution in [2.75, 3.05) is 26.1 Å². The smallest absolute Gasteiger partial charge is 0.162 e. The molecular weight excluding hydrogens is 264 g/mol. The molecular formula is C17H24N2O2. The monoisotopic (exact) mass is 288 g/mol. The number of rotatable bonds is 7. The van der Waals surface area contributed by atoms with Crippen LogP contribution in [0.4, 0.5) is 5.82 Å². The zero-order valence-electron chi connectivity index (χ0n) is 13.3. The van der Waals surface area contributed by atoms with E-state index in [9.17, 15) is 0 Å². The second-order valence-corrected chi connectivity index (χ2v) is 5.07. The fraction of sp³-hybridized carbons (Fsp3) is 0.471. The van der Waals surface area contributed by atoms with E-state index in [0.717, 1.165) is 48.3 Å². The fourth-order valence-corrected chi connectivity index (χ4v) is 2.40. The van der Waals surface area contributed by atoms with Crippen molar-refractivity contribution in [3.05, 3.63) is 23.8 Å². The van der Waals surface area contributed by atoms with Crippen LogP contribution in [-0.2, 0) is 6.42 Å². The van der Waals surface area contributed by atoms with Crippen LogP contribution in [0.5, 0.6) is 11.5 Å². The molecule has 0 saturated heterocycles. The second-order valence-electron chi connectivity index (χ2n) is 5.07. The fourth-order valence-electron chi connectivity index (χ4n) is 2.40. The Labute approximate surface area is 126 Å². The largest absolute Gasteiger partial charge is 0.493 e. The molecule has 0 aliphatic rings. The Morgan fingerprint density at radius 1 is 1.00 bits per heavy atom. The molecule has 1 aromatic carbocycles. The van der Waals surface area contributed by atoms with E-state index in [4.69, 9.17) is 14.5 Å². The molecule has 4 heteroatoms. The maximum Gasteiger partial charge on any atom is 0.162 e. The number of nitrogens with one attached hydrogen (secondary N) is 1. The van der Waals surface area contributed by atoms with Gasteiger partial charge in [0.05, 0.1) is 19.7 Å². The number of pyridine rings is 1. The van der Waals surface area contributed by atoms with Crippen molar-refractivity contribution in [3.63, 3.8) is 0 Å². The summed E-state index contributed by atoms with van der Waals surface area (Å²) < 4.78 is 10.7. The average molecular weight is 288 g/mol. The number of ether oxygens (including phenoxy) is 2. The first-order chi connectivity index (χ1) is 10.2. The van der Waals surface area contributed by atoms with Crippen LogP contribution in [0.25, 0.3) is 10.9 Å². The summed E-state index contributed by atoms with van der Waals surface area (Å²) >= 11 is 0. The first-order valence-corrected chi connectivity index (χ1v) is 7.53. The summed E-state index contributed by atoms with van der Waals surface area (Å²) in [5.74, 6) is 2.43. The van der Waals surface area contributed by atoms with Crippen molar-refractivity contribution in [1.29, 1.82) is 0 Å². The summed E-state index contributed by atoms with van der Waals surface area (Å²) in [7, 11) is 3.30. The number of benzene rings is 1. The molecule has 21 heavy (non-hydrogen) atoms. The molecule has 0 spiro atoms. The van der Waals surface area contributed by atoms with Crippen molar-refractivity contribution < 1.29 is 9.47 Å². The highest BCUT2D eigenvalue weighted by molar-refractivity contribution is 5.85. The Balaban J connectivity index is 2.54. The zero-order valence-corrected chi connectivity index (χ0v) is 13.3. The first-order valence-electron chi connectivity index (χ1n) is 7.53. The van der Waals surface area contributed by atoms with Crippen molar-refractivity contribution in [2.24, 2.45) is 0 Å². The molecule has 2 rings (SSSR count). The summed E-state index contributed by atoms with van der Waals surface area (Å²) in [6, 6.07) is 6.12. The van der Waals surface area contributed by atoms with Crippen LogP contribution in [-0.4, -0.2) is 25.7 Å². The van der Waals surface area contributed by atoms with Gasteiger partial charge >= 0.3 is 0 Å². The van der Waals surface area contributed by atoms with Gasteiger partial charge in [-0.05, 0) is 30.5 Å². The van der Waals surface area contributed by atoms with Crippen LogP contribution in [0.2, 0.25) is 0 Å². The Morgan fingerprint density at radius 2 is 1.71 bits per heavy atom. The van der Waals surface area contributed by atoms with Gasteiger partial charge in [-0.2, -0.15) is 0 Å². The van der Waals surface area contributed by atoms with E-state index in [2.05, 4.69) is 25.2 Å². The van der Waals surface area contributed by atoms with Crippen molar-refractivity contribution >= 4 is 16.7 Å². The van der Waals surface area contributed by atoms with Gasteiger partial charge in [0.2, 0.25) is 0 Å². The number of fused-ring (bicyclic) bond motifs is 1. The SMILES string of the molecule is CCCNc1nc2cc(OC)c(OC)cc2cc1CCC. The highest BCUT2D eigenvalue weighted by Crippen LogP contribution is 2.33. The maximum absolute atomic E-state index is 5.37. The number of hydrogen-bond acceptors (Lipinski definition) is 4. The number of methoxy groups -OCH3 is 2. The summed E-state index contributed by atoms with van der Waals surface area (Å²) in [4.78, 5) is 4.77. The normalized spacial score (nSPS) is 10.7. The van der Waals surface area contributed by atoms with Gasteiger partial charge in [0.15, 0.2) is 11.5 Å². The van der Waals surface area contributed by atoms with Crippen LogP contribution in [0.1, 0.15) is 32.3 Å². The van der Waals surface area contributed by atoms with Gasteiger partial charge in [-0.25, -0.2) is 4.98 Å². The minimum Gasteiger partial charge on any atom is -0.493 e. The Bertz CT molecular complexity index is 611. The second kappa shape index (κ2) is 7.16. The Kier molecular flexibility index (Phi) is 5.26. The highest BCUT2D eigenvalue weighted by Gasteiger charge is 2.11. The van der Waals surface area contributed by atoms with E-state index >= 15 is 0 Å². The van der Waals surface area contributed by atoms with Crippen LogP contribution in [0.15, 0.2) is 18.2 Å². The lowest BCUT2D eigenvalue weighted by atomic mass is 10.1. The third-order valence-corrected chi connectivity index (χ3v) is 3.46. The number of aromatic nitrogens is 1. The van der Waals surface area contributed by atoms with Crippen LogP contribution >= 0.6 is 0 Å². The van der Waals surface area contributed by atoms with E-state index < -0.39 is 0 Å². The quantitative estimate of drug-likeness (QED) is 0.835. The third kappa shape index (κ3) is 3.38. The lowest BCUT2D eigenvalue weighted by Gasteiger charge is -2.14. The van der Waals surface area contributed by atoms with Crippen LogP contribution in [0, 0.1) is 0 Å². The number of nitrogens with zero attached hydrogens (tertiary/aromatic N) is 1. The molecule has 2 aromatic rings. The van der Waals surface area contributed by atoms with Crippen molar-refractivity contribution in [2.45, 2.75) is 33.1 Å². The third-order valence-electron chi connectivity index (χ3n) is 3.46. The molecule has 114 valence electrons. The van der Waals surface area contributed by atoms with Crippen LogP contribution < -0.4 is 14.8 Å². The highest BCUT2D eigenvalue weighted by atomic mass is 16.5. The van der Waals surface area contributed by atoms with Gasteiger partial charge in [-0.1, -0.05) is 20.3 Å². The predicted octanol–water partition coefficient (Wildman–Crippen LogP) is 4.03. The summed E-state index contributed by atoms with van der Waals surface area (Å²) in [5.41, 5.74) is 2.18. The van der Waals surface area contributed by atoms with Gasteiger partial charge in [0.1, 0.15) is 5.82 Å². The molecule has 1 heterocycles. The molecule has 0 amide bonds. The van der Waals surface area contributed by atoms with Gasteiger partial charge in [-0.15, -0.1) is 0 Å². The lowest BCUT2D eigenvalue weighted by molar-refractivity contribution is 0.356. The summed E-state index contributed by atoms with van der Waals surface area (Å²) in [5, 5.41) is 4.50. The standard InChI is InChI=1S/C17H24N2O2/c1-5-7-12-9-13-10-15(20-3)16(21-4)11-14(13)19-17(12)18-8-6-2/h9-11H,5-8H2,1-4H3,(H,18,19). The molecule has 0 saturated carbocycles. The summed E-state index contributed by atoms with van der Waals surface area (Å²) in [6.07, 6.45) is 3.20. The number of anilines is 1. The van der Waals surface area contributed by atoms with E-state index in [1.165, 1.54) is 5.56 Å². The minimum absolute atomic E-state index is 0.710. The van der Waals surface area contributed by atoms with Gasteiger partial charge in [0, 0.05) is 18.0 Å². The lowest BCUT2D eigenvalue weighted by Crippen LogP contribution is -2.06. The zero-order chi connectivity index (χ0) is 15.2. The van der Waals surface area contributed by atoms with E-state index in [-0.39, 0.29) is 0 Å². The molecule has 0 unspecified atom stereocenters. The molecule has 0 bridgehead atoms. The van der Waals surface area contributed by atoms with E-state index in [1.54, 1.807) is 14.2 Å². The minimum atomic E-state index is 0.710. The van der Waals surface area contributed by atoms with Gasteiger partial charge < -0.3 is 14.8 Å². The van der Waals surface area contributed by atoms with E-state index in [0.29, 0.717) is 5.75 Å². The van der Waals surface area contributed by atoms with Crippen molar-refractivity contribution in [1.82, 2.24) is 4.98 Å². The molecule has 1 N–H and O–H groups in total. The van der Waals surface area contributed by atoms with Gasteiger partial charge in [-0.3, -0.25) is 0 Å². The topological polar surface area (TPSA) is 43.4 Å². The molecule has 0 fully saturated rings. The summed E-state index contributed by atoms with van der Waals surface area (Å²) in [6.45, 7) is 5.27. The van der Waals surface area contributed by atoms with Crippen LogP contribution in [0.3, 0.4) is 0 Å². The van der Waals surface area contributed by atoms with E-state index in [1.807, 2.05) is 12.1 Å². The molecule has 0 aliphatic heterocycles. The first kappa shape index (κ1) is 15.4. The Hall–Kier alpha value is -1.97. The molecule has 0 radical (unpaired) electrons.